The molecule has 1 fully saturated rings. The average Bonchev–Trinajstić information content (AvgIpc) is 3.60. The molecule has 1 aromatic carbocycles. The van der Waals surface area contributed by atoms with Crippen molar-refractivity contribution in [1.82, 2.24) is 4.98 Å². The maximum Gasteiger partial charge on any atom is 0.342 e. The van der Waals surface area contributed by atoms with Crippen LogP contribution in [0.2, 0.25) is 0 Å². The molecule has 1 aromatic heterocycles. The number of terminal acetylenes is 1. The zero-order chi connectivity index (χ0) is 23.6. The van der Waals surface area contributed by atoms with Crippen LogP contribution in [0.1, 0.15) is 56.8 Å². The highest BCUT2D eigenvalue weighted by atomic mass is 31.1. The number of benzene rings is 1. The van der Waals surface area contributed by atoms with E-state index in [2.05, 4.69) is 5.92 Å². The highest BCUT2D eigenvalue weighted by Gasteiger charge is 2.50. The number of carbonyl (C=O) groups excluding carboxylic acids is 1. The molecule has 8 heteroatoms. The fourth-order valence-electron chi connectivity index (χ4n) is 3.50. The summed E-state index contributed by atoms with van der Waals surface area (Å²) in [7, 11) is -2.05. The number of hydrogen-bond acceptors (Lipinski definition) is 6. The number of ether oxygens (including phenoxy) is 1. The van der Waals surface area contributed by atoms with E-state index in [9.17, 15) is 18.9 Å². The Hall–Kier alpha value is -2.52. The number of aliphatic hydroxyl groups excluding tert-OH is 1. The molecule has 170 valence electrons. The second kappa shape index (κ2) is 9.54. The number of rotatable bonds is 8. The summed E-state index contributed by atoms with van der Waals surface area (Å²) in [5.74, 6) is 1.04. The Balaban J connectivity index is 2.19. The van der Waals surface area contributed by atoms with Crippen LogP contribution >= 0.6 is 8.03 Å². The molecule has 2 aromatic rings. The molecule has 3 atom stereocenters. The topological polar surface area (TPSA) is 85.7 Å². The van der Waals surface area contributed by atoms with Crippen LogP contribution in [0.3, 0.4) is 0 Å². The molecule has 1 heterocycles. The van der Waals surface area contributed by atoms with Gasteiger partial charge in [0.25, 0.3) is 0 Å². The SMILES string of the molecule is C#CC(C(=O)Oc1c(-c2ccc(F)cc2)cc(C2CC2)nc1C(C)C)(C(C)O)[PH](=O)OC. The van der Waals surface area contributed by atoms with Crippen LogP contribution in [0.15, 0.2) is 30.3 Å². The molecule has 3 rings (SSSR count). The van der Waals surface area contributed by atoms with E-state index < -0.39 is 31.1 Å². The lowest BCUT2D eigenvalue weighted by Gasteiger charge is -2.28. The van der Waals surface area contributed by atoms with Crippen molar-refractivity contribution < 1.29 is 28.1 Å². The molecule has 32 heavy (non-hydrogen) atoms. The number of aromatic nitrogens is 1. The summed E-state index contributed by atoms with van der Waals surface area (Å²) in [5.41, 5.74) is 2.57. The van der Waals surface area contributed by atoms with Crippen molar-refractivity contribution in [2.24, 2.45) is 0 Å². The lowest BCUT2D eigenvalue weighted by molar-refractivity contribution is -0.138. The van der Waals surface area contributed by atoms with Gasteiger partial charge in [0, 0.05) is 24.3 Å². The zero-order valence-electron chi connectivity index (χ0n) is 18.5. The fourth-order valence-corrected chi connectivity index (χ4v) is 4.50. The molecule has 1 saturated carbocycles. The molecular formula is C24H27FNO5P. The third kappa shape index (κ3) is 4.49. The summed E-state index contributed by atoms with van der Waals surface area (Å²) in [6, 6.07) is 7.64. The van der Waals surface area contributed by atoms with Gasteiger partial charge in [-0.25, -0.2) is 9.18 Å². The second-order valence-corrected chi connectivity index (χ2v) is 10.0. The number of aliphatic hydroxyl groups is 1. The van der Waals surface area contributed by atoms with E-state index in [-0.39, 0.29) is 11.7 Å². The predicted octanol–water partition coefficient (Wildman–Crippen LogP) is 4.67. The van der Waals surface area contributed by atoms with Crippen molar-refractivity contribution in [2.45, 2.75) is 56.7 Å². The van der Waals surface area contributed by atoms with Crippen LogP contribution in [-0.4, -0.2) is 34.4 Å². The smallest absolute Gasteiger partial charge is 0.342 e. The number of nitrogens with zero attached hydrogens (tertiary/aromatic N) is 1. The number of hydrogen-bond donors (Lipinski definition) is 1. The first-order valence-electron chi connectivity index (χ1n) is 10.4. The van der Waals surface area contributed by atoms with Gasteiger partial charge in [-0.3, -0.25) is 9.55 Å². The molecule has 0 amide bonds. The van der Waals surface area contributed by atoms with Crippen molar-refractivity contribution in [1.29, 1.82) is 0 Å². The van der Waals surface area contributed by atoms with Gasteiger partial charge in [-0.05, 0) is 49.4 Å². The number of halogens is 1. The maximum absolute atomic E-state index is 13.6. The predicted molar refractivity (Wildman–Crippen MR) is 121 cm³/mol. The normalized spacial score (nSPS) is 17.3. The molecule has 0 spiro atoms. The molecule has 0 saturated heterocycles. The molecule has 1 aliphatic rings. The number of pyridine rings is 1. The van der Waals surface area contributed by atoms with Gasteiger partial charge >= 0.3 is 5.97 Å². The van der Waals surface area contributed by atoms with Crippen LogP contribution in [0.25, 0.3) is 11.1 Å². The minimum Gasteiger partial charge on any atom is -0.422 e. The first kappa shape index (κ1) is 24.1. The lowest BCUT2D eigenvalue weighted by atomic mass is 9.97. The largest absolute Gasteiger partial charge is 0.422 e. The Labute approximate surface area is 188 Å². The van der Waals surface area contributed by atoms with Gasteiger partial charge in [0.2, 0.25) is 13.2 Å². The van der Waals surface area contributed by atoms with Gasteiger partial charge in [0.15, 0.2) is 5.75 Å². The van der Waals surface area contributed by atoms with E-state index in [0.29, 0.717) is 22.7 Å². The minimum absolute atomic E-state index is 0.123. The van der Waals surface area contributed by atoms with Crippen LogP contribution in [0, 0.1) is 18.2 Å². The van der Waals surface area contributed by atoms with Crippen molar-refractivity contribution in [3.63, 3.8) is 0 Å². The van der Waals surface area contributed by atoms with E-state index in [1.165, 1.54) is 19.1 Å². The van der Waals surface area contributed by atoms with E-state index in [1.54, 1.807) is 12.1 Å². The van der Waals surface area contributed by atoms with Gasteiger partial charge in [-0.1, -0.05) is 31.9 Å². The number of esters is 1. The summed E-state index contributed by atoms with van der Waals surface area (Å²) in [5, 5.41) is 8.11. The monoisotopic (exact) mass is 459 g/mol. The quantitative estimate of drug-likeness (QED) is 0.351. The van der Waals surface area contributed by atoms with Crippen LogP contribution in [-0.2, 0) is 13.9 Å². The Kier molecular flexibility index (Phi) is 7.19. The summed E-state index contributed by atoms with van der Waals surface area (Å²) in [6.07, 6.45) is 6.11. The highest BCUT2D eigenvalue weighted by molar-refractivity contribution is 7.43. The van der Waals surface area contributed by atoms with Gasteiger partial charge in [0.1, 0.15) is 5.82 Å². The number of carbonyl (C=O) groups is 1. The summed E-state index contributed by atoms with van der Waals surface area (Å²) in [6.45, 7) is 5.08. The molecule has 0 bridgehead atoms. The fraction of sp³-hybridized carbons (Fsp3) is 0.417. The molecule has 3 unspecified atom stereocenters. The Bertz CT molecular complexity index is 1070. The third-order valence-electron chi connectivity index (χ3n) is 5.60. The van der Waals surface area contributed by atoms with Crippen LogP contribution in [0.5, 0.6) is 5.75 Å². The second-order valence-electron chi connectivity index (χ2n) is 8.25. The van der Waals surface area contributed by atoms with Gasteiger partial charge in [-0.2, -0.15) is 0 Å². The van der Waals surface area contributed by atoms with Gasteiger partial charge in [-0.15, -0.1) is 6.42 Å². The van der Waals surface area contributed by atoms with Crippen molar-refractivity contribution in [3.05, 3.63) is 47.5 Å². The van der Waals surface area contributed by atoms with Crippen LogP contribution in [0.4, 0.5) is 4.39 Å². The van der Waals surface area contributed by atoms with Gasteiger partial charge in [0.05, 0.1) is 11.8 Å². The zero-order valence-corrected chi connectivity index (χ0v) is 19.5. The van der Waals surface area contributed by atoms with E-state index in [4.69, 9.17) is 20.7 Å². The molecule has 0 aliphatic heterocycles. The van der Waals surface area contributed by atoms with Gasteiger partial charge < -0.3 is 14.4 Å². The first-order chi connectivity index (χ1) is 15.1. The standard InChI is InChI=1S/C24H27FNO5P/c1-6-24(15(4)27,32(29)30-5)23(28)31-22-19(16-9-11-18(25)12-10-16)13-20(17-7-8-17)26-21(22)14(2)3/h1,9-15,17,27,32H,7-8H2,2-5H3. The van der Waals surface area contributed by atoms with Crippen molar-refractivity contribution >= 4 is 14.0 Å². The Morgan fingerprint density at radius 3 is 2.41 bits per heavy atom. The third-order valence-corrected chi connectivity index (χ3v) is 7.38. The van der Waals surface area contributed by atoms with E-state index >= 15 is 0 Å². The summed E-state index contributed by atoms with van der Waals surface area (Å²) < 4.78 is 36.8. The first-order valence-corrected chi connectivity index (χ1v) is 11.7. The Morgan fingerprint density at radius 1 is 1.31 bits per heavy atom. The minimum atomic E-state index is -3.20. The molecule has 0 radical (unpaired) electrons. The van der Waals surface area contributed by atoms with E-state index in [0.717, 1.165) is 25.6 Å². The molecular weight excluding hydrogens is 432 g/mol. The van der Waals surface area contributed by atoms with Crippen molar-refractivity contribution in [2.75, 3.05) is 7.11 Å². The molecule has 1 N–H and O–H groups in total. The summed E-state index contributed by atoms with van der Waals surface area (Å²) >= 11 is 0. The molecule has 1 aliphatic carbocycles. The van der Waals surface area contributed by atoms with E-state index in [1.807, 2.05) is 19.9 Å². The summed E-state index contributed by atoms with van der Waals surface area (Å²) in [4.78, 5) is 18.0. The van der Waals surface area contributed by atoms with Crippen LogP contribution < -0.4 is 4.74 Å². The maximum atomic E-state index is 13.6. The highest BCUT2D eigenvalue weighted by Crippen LogP contribution is 2.47. The van der Waals surface area contributed by atoms with Crippen molar-refractivity contribution in [3.8, 4) is 29.2 Å². The lowest BCUT2D eigenvalue weighted by Crippen LogP contribution is -2.46. The average molecular weight is 459 g/mol. The molecule has 6 nitrogen and oxygen atoms in total. The Morgan fingerprint density at radius 2 is 1.94 bits per heavy atom.